The molecular formula is C20H16FNO. The number of hydrogen-bond donors (Lipinski definition) is 0. The fraction of sp³-hybridized carbons (Fsp3) is 0.100. The summed E-state index contributed by atoms with van der Waals surface area (Å²) < 4.78 is 19.9. The molecule has 0 aliphatic carbocycles. The van der Waals surface area contributed by atoms with Crippen LogP contribution in [0.4, 0.5) is 15.8 Å². The van der Waals surface area contributed by atoms with Gasteiger partial charge in [0.25, 0.3) is 0 Å². The molecule has 23 heavy (non-hydrogen) atoms. The standard InChI is InChI=1S/C20H16FNO/c1-13-9-11-14(12-10-13)22(2)18-8-4-6-16-15-5-3-7-17(21)19(15)23-20(16)18/h3-12H,1-2H3. The molecule has 0 saturated carbocycles. The van der Waals surface area contributed by atoms with Gasteiger partial charge in [0.05, 0.1) is 5.69 Å². The zero-order valence-electron chi connectivity index (χ0n) is 13.0. The predicted molar refractivity (Wildman–Crippen MR) is 92.9 cm³/mol. The fourth-order valence-electron chi connectivity index (χ4n) is 2.94. The molecule has 0 saturated heterocycles. The van der Waals surface area contributed by atoms with Gasteiger partial charge in [0.15, 0.2) is 17.0 Å². The van der Waals surface area contributed by atoms with Gasteiger partial charge in [-0.05, 0) is 31.2 Å². The van der Waals surface area contributed by atoms with E-state index in [0.29, 0.717) is 11.2 Å². The Morgan fingerprint density at radius 3 is 2.22 bits per heavy atom. The Balaban J connectivity index is 1.95. The molecule has 1 heterocycles. The second kappa shape index (κ2) is 5.13. The first-order chi connectivity index (χ1) is 11.1. The smallest absolute Gasteiger partial charge is 0.171 e. The monoisotopic (exact) mass is 305 g/mol. The minimum absolute atomic E-state index is 0.312. The Bertz CT molecular complexity index is 1000. The van der Waals surface area contributed by atoms with Gasteiger partial charge in [-0.15, -0.1) is 0 Å². The van der Waals surface area contributed by atoms with Gasteiger partial charge in [-0.2, -0.15) is 0 Å². The van der Waals surface area contributed by atoms with Crippen molar-refractivity contribution in [2.45, 2.75) is 6.92 Å². The first-order valence-electron chi connectivity index (χ1n) is 7.55. The molecule has 0 unspecified atom stereocenters. The third kappa shape index (κ3) is 2.16. The summed E-state index contributed by atoms with van der Waals surface area (Å²) in [5.74, 6) is -0.331. The quantitative estimate of drug-likeness (QED) is 0.465. The summed E-state index contributed by atoms with van der Waals surface area (Å²) >= 11 is 0. The SMILES string of the molecule is Cc1ccc(N(C)c2cccc3c2oc2c(F)cccc23)cc1. The number of halogens is 1. The second-order valence-corrected chi connectivity index (χ2v) is 5.77. The summed E-state index contributed by atoms with van der Waals surface area (Å²) in [7, 11) is 1.99. The van der Waals surface area contributed by atoms with Crippen LogP contribution in [-0.2, 0) is 0 Å². The van der Waals surface area contributed by atoms with Gasteiger partial charge in [-0.3, -0.25) is 0 Å². The maximum Gasteiger partial charge on any atom is 0.171 e. The molecule has 4 rings (SSSR count). The lowest BCUT2D eigenvalue weighted by molar-refractivity contribution is 0.584. The lowest BCUT2D eigenvalue weighted by Gasteiger charge is -2.19. The van der Waals surface area contributed by atoms with Crippen LogP contribution in [0.15, 0.2) is 65.1 Å². The molecule has 114 valence electrons. The van der Waals surface area contributed by atoms with Crippen molar-refractivity contribution in [3.05, 3.63) is 72.0 Å². The van der Waals surface area contributed by atoms with Crippen LogP contribution in [0.2, 0.25) is 0 Å². The van der Waals surface area contributed by atoms with Crippen molar-refractivity contribution in [1.82, 2.24) is 0 Å². The second-order valence-electron chi connectivity index (χ2n) is 5.77. The van der Waals surface area contributed by atoms with Gasteiger partial charge in [-0.1, -0.05) is 42.0 Å². The molecule has 3 aromatic carbocycles. The zero-order chi connectivity index (χ0) is 16.0. The summed E-state index contributed by atoms with van der Waals surface area (Å²) in [5.41, 5.74) is 4.21. The molecular weight excluding hydrogens is 289 g/mol. The van der Waals surface area contributed by atoms with Gasteiger partial charge >= 0.3 is 0 Å². The van der Waals surface area contributed by atoms with E-state index < -0.39 is 0 Å². The number of para-hydroxylation sites is 2. The molecule has 2 nitrogen and oxygen atoms in total. The number of furan rings is 1. The number of anilines is 2. The molecule has 4 aromatic rings. The van der Waals surface area contributed by atoms with Crippen LogP contribution in [-0.4, -0.2) is 7.05 Å². The summed E-state index contributed by atoms with van der Waals surface area (Å²) in [6.07, 6.45) is 0. The molecule has 0 aliphatic heterocycles. The van der Waals surface area contributed by atoms with Crippen LogP contribution in [0.5, 0.6) is 0 Å². The van der Waals surface area contributed by atoms with Crippen molar-refractivity contribution in [2.75, 3.05) is 11.9 Å². The van der Waals surface area contributed by atoms with Gasteiger partial charge < -0.3 is 9.32 Å². The van der Waals surface area contributed by atoms with E-state index in [4.69, 9.17) is 4.42 Å². The van der Waals surface area contributed by atoms with E-state index in [1.54, 1.807) is 6.07 Å². The Labute approximate surface area is 133 Å². The summed E-state index contributed by atoms with van der Waals surface area (Å²) in [4.78, 5) is 2.06. The van der Waals surface area contributed by atoms with E-state index in [1.165, 1.54) is 11.6 Å². The third-order valence-corrected chi connectivity index (χ3v) is 4.24. The van der Waals surface area contributed by atoms with Gasteiger partial charge in [-0.25, -0.2) is 4.39 Å². The Kier molecular flexibility index (Phi) is 3.08. The summed E-state index contributed by atoms with van der Waals surface area (Å²) in [6.45, 7) is 2.06. The van der Waals surface area contributed by atoms with Crippen molar-refractivity contribution >= 4 is 33.3 Å². The molecule has 0 spiro atoms. The number of nitrogens with zero attached hydrogens (tertiary/aromatic N) is 1. The normalized spacial score (nSPS) is 11.3. The van der Waals surface area contributed by atoms with Crippen LogP contribution in [0.25, 0.3) is 21.9 Å². The van der Waals surface area contributed by atoms with E-state index in [2.05, 4.69) is 36.1 Å². The molecule has 0 radical (unpaired) electrons. The molecule has 0 N–H and O–H groups in total. The molecule has 0 fully saturated rings. The third-order valence-electron chi connectivity index (χ3n) is 4.24. The molecule has 0 aliphatic rings. The summed E-state index contributed by atoms with van der Waals surface area (Å²) in [6, 6.07) is 19.2. The van der Waals surface area contributed by atoms with Gasteiger partial charge in [0.1, 0.15) is 0 Å². The summed E-state index contributed by atoms with van der Waals surface area (Å²) in [5, 5.41) is 1.73. The van der Waals surface area contributed by atoms with Crippen molar-refractivity contribution in [3.63, 3.8) is 0 Å². The van der Waals surface area contributed by atoms with Crippen LogP contribution in [0.3, 0.4) is 0 Å². The van der Waals surface area contributed by atoms with Gasteiger partial charge in [0.2, 0.25) is 0 Å². The molecule has 0 bridgehead atoms. The molecule has 1 aromatic heterocycles. The van der Waals surface area contributed by atoms with Crippen molar-refractivity contribution in [3.8, 4) is 0 Å². The number of benzene rings is 3. The van der Waals surface area contributed by atoms with E-state index in [0.717, 1.165) is 22.1 Å². The topological polar surface area (TPSA) is 16.4 Å². The average molecular weight is 305 g/mol. The van der Waals surface area contributed by atoms with Crippen LogP contribution >= 0.6 is 0 Å². The number of rotatable bonds is 2. The van der Waals surface area contributed by atoms with E-state index in [-0.39, 0.29) is 5.82 Å². The Hall–Kier alpha value is -2.81. The maximum absolute atomic E-state index is 14.0. The predicted octanol–water partition coefficient (Wildman–Crippen LogP) is 5.80. The van der Waals surface area contributed by atoms with Crippen molar-refractivity contribution in [2.24, 2.45) is 0 Å². The van der Waals surface area contributed by atoms with E-state index in [9.17, 15) is 4.39 Å². The minimum Gasteiger partial charge on any atom is -0.451 e. The Morgan fingerprint density at radius 2 is 1.48 bits per heavy atom. The van der Waals surface area contributed by atoms with Crippen LogP contribution < -0.4 is 4.90 Å². The maximum atomic E-state index is 14.0. The van der Waals surface area contributed by atoms with Crippen molar-refractivity contribution < 1.29 is 8.81 Å². The average Bonchev–Trinajstić information content (AvgIpc) is 2.95. The van der Waals surface area contributed by atoms with Crippen LogP contribution in [0.1, 0.15) is 5.56 Å². The number of hydrogen-bond acceptors (Lipinski definition) is 2. The molecule has 0 atom stereocenters. The first kappa shape index (κ1) is 13.8. The van der Waals surface area contributed by atoms with Crippen molar-refractivity contribution in [1.29, 1.82) is 0 Å². The Morgan fingerprint density at radius 1 is 0.826 bits per heavy atom. The highest BCUT2D eigenvalue weighted by atomic mass is 19.1. The van der Waals surface area contributed by atoms with Crippen LogP contribution in [0, 0.1) is 12.7 Å². The van der Waals surface area contributed by atoms with E-state index in [1.807, 2.05) is 31.3 Å². The molecule has 0 amide bonds. The van der Waals surface area contributed by atoms with Gasteiger partial charge in [0, 0.05) is 23.5 Å². The number of fused-ring (bicyclic) bond motifs is 3. The lowest BCUT2D eigenvalue weighted by atomic mass is 10.1. The zero-order valence-corrected chi connectivity index (χ0v) is 13.0. The first-order valence-corrected chi connectivity index (χ1v) is 7.55. The molecule has 3 heteroatoms. The highest BCUT2D eigenvalue weighted by molar-refractivity contribution is 6.09. The highest BCUT2D eigenvalue weighted by Crippen LogP contribution is 2.37. The fourth-order valence-corrected chi connectivity index (χ4v) is 2.94. The minimum atomic E-state index is -0.331. The number of aryl methyl sites for hydroxylation is 1. The highest BCUT2D eigenvalue weighted by Gasteiger charge is 2.16. The van der Waals surface area contributed by atoms with E-state index >= 15 is 0 Å². The lowest BCUT2D eigenvalue weighted by Crippen LogP contribution is -2.09. The largest absolute Gasteiger partial charge is 0.451 e.